The molecule has 3 nitrogen and oxygen atoms in total. The summed E-state index contributed by atoms with van der Waals surface area (Å²) in [5.74, 6) is 0. The predicted molar refractivity (Wildman–Crippen MR) is 74.1 cm³/mol. The summed E-state index contributed by atoms with van der Waals surface area (Å²) < 4.78 is 0. The zero-order valence-electron chi connectivity index (χ0n) is 10.3. The Bertz CT molecular complexity index is 584. The average molecular weight is 237 g/mol. The summed E-state index contributed by atoms with van der Waals surface area (Å²) in [6, 6.07) is 17.5. The minimum absolute atomic E-state index is 0.665. The van der Waals surface area contributed by atoms with Gasteiger partial charge in [-0.05, 0) is 23.8 Å². The van der Waals surface area contributed by atoms with E-state index < -0.39 is 0 Å². The molecular weight excluding hydrogens is 222 g/mol. The molecule has 2 N–H and O–H groups in total. The van der Waals surface area contributed by atoms with E-state index in [0.717, 1.165) is 16.9 Å². The number of rotatable bonds is 3. The lowest BCUT2D eigenvalue weighted by Gasteiger charge is -2.21. The number of anilines is 2. The van der Waals surface area contributed by atoms with Crippen molar-refractivity contribution in [3.05, 3.63) is 59.7 Å². The van der Waals surface area contributed by atoms with Crippen LogP contribution < -0.4 is 10.6 Å². The first-order valence-corrected chi connectivity index (χ1v) is 5.76. The highest BCUT2D eigenvalue weighted by Gasteiger charge is 2.07. The monoisotopic (exact) mass is 237 g/mol. The van der Waals surface area contributed by atoms with E-state index >= 15 is 0 Å². The summed E-state index contributed by atoms with van der Waals surface area (Å²) in [5.41, 5.74) is 9.37. The smallest absolute Gasteiger partial charge is 0.0995 e. The molecule has 90 valence electrons. The molecule has 0 bridgehead atoms. The number of nitrogen functional groups attached to an aromatic ring is 1. The molecule has 3 heteroatoms. The molecule has 0 radical (unpaired) electrons. The number of hydrogen-bond donors (Lipinski definition) is 1. The van der Waals surface area contributed by atoms with Gasteiger partial charge in [0.25, 0.3) is 0 Å². The summed E-state index contributed by atoms with van der Waals surface area (Å²) in [5, 5.41) is 9.06. The number of nitrogens with two attached hydrogens (primary N) is 1. The zero-order chi connectivity index (χ0) is 13.0. The Kier molecular flexibility index (Phi) is 3.49. The molecule has 2 aromatic rings. The highest BCUT2D eigenvalue weighted by Crippen LogP contribution is 2.23. The van der Waals surface area contributed by atoms with Crippen LogP contribution in [-0.4, -0.2) is 7.05 Å². The van der Waals surface area contributed by atoms with Crippen LogP contribution in [0.3, 0.4) is 0 Å². The Hall–Kier alpha value is -2.47. The van der Waals surface area contributed by atoms with E-state index in [0.29, 0.717) is 12.1 Å². The molecule has 0 spiro atoms. The van der Waals surface area contributed by atoms with Gasteiger partial charge in [-0.15, -0.1) is 0 Å². The highest BCUT2D eigenvalue weighted by molar-refractivity contribution is 5.67. The van der Waals surface area contributed by atoms with Crippen LogP contribution in [0.1, 0.15) is 11.1 Å². The van der Waals surface area contributed by atoms with Crippen molar-refractivity contribution in [1.29, 1.82) is 5.26 Å². The number of para-hydroxylation sites is 2. The lowest BCUT2D eigenvalue weighted by Crippen LogP contribution is -2.18. The van der Waals surface area contributed by atoms with Crippen molar-refractivity contribution in [1.82, 2.24) is 0 Å². The molecular formula is C15H15N3. The average Bonchev–Trinajstić information content (AvgIpc) is 2.39. The van der Waals surface area contributed by atoms with Gasteiger partial charge in [-0.1, -0.05) is 30.3 Å². The maximum Gasteiger partial charge on any atom is 0.0995 e. The molecule has 2 aromatic carbocycles. The van der Waals surface area contributed by atoms with Gasteiger partial charge in [-0.2, -0.15) is 5.26 Å². The predicted octanol–water partition coefficient (Wildman–Crippen LogP) is 2.78. The van der Waals surface area contributed by atoms with Gasteiger partial charge in [0.05, 0.1) is 23.0 Å². The fourth-order valence-electron chi connectivity index (χ4n) is 1.94. The van der Waals surface area contributed by atoms with E-state index in [1.165, 1.54) is 0 Å². The first kappa shape index (κ1) is 12.0. The molecule has 0 saturated heterocycles. The summed E-state index contributed by atoms with van der Waals surface area (Å²) in [6.07, 6.45) is 0. The van der Waals surface area contributed by atoms with Crippen molar-refractivity contribution >= 4 is 11.4 Å². The van der Waals surface area contributed by atoms with Crippen LogP contribution in [0.15, 0.2) is 48.5 Å². The van der Waals surface area contributed by atoms with Crippen LogP contribution in [0.2, 0.25) is 0 Å². The second-order valence-corrected chi connectivity index (χ2v) is 4.18. The summed E-state index contributed by atoms with van der Waals surface area (Å²) in [4.78, 5) is 2.05. The molecule has 0 aliphatic heterocycles. The zero-order valence-corrected chi connectivity index (χ0v) is 10.3. The van der Waals surface area contributed by atoms with Crippen molar-refractivity contribution in [2.75, 3.05) is 17.7 Å². The molecule has 0 amide bonds. The van der Waals surface area contributed by atoms with Gasteiger partial charge < -0.3 is 10.6 Å². The van der Waals surface area contributed by atoms with Crippen molar-refractivity contribution in [2.24, 2.45) is 0 Å². The van der Waals surface area contributed by atoms with Crippen molar-refractivity contribution in [3.63, 3.8) is 0 Å². The minimum Gasteiger partial charge on any atom is -0.397 e. The molecule has 0 atom stereocenters. The van der Waals surface area contributed by atoms with Crippen LogP contribution in [0.5, 0.6) is 0 Å². The third-order valence-corrected chi connectivity index (χ3v) is 2.89. The summed E-state index contributed by atoms with van der Waals surface area (Å²) >= 11 is 0. The molecule has 0 aliphatic carbocycles. The van der Waals surface area contributed by atoms with E-state index in [-0.39, 0.29) is 0 Å². The van der Waals surface area contributed by atoms with Gasteiger partial charge in [0, 0.05) is 13.6 Å². The SMILES string of the molecule is CN(Cc1ccccc1C#N)c1ccccc1N. The van der Waals surface area contributed by atoms with Crippen molar-refractivity contribution in [2.45, 2.75) is 6.54 Å². The van der Waals surface area contributed by atoms with Gasteiger partial charge >= 0.3 is 0 Å². The Morgan fingerprint density at radius 2 is 1.78 bits per heavy atom. The Morgan fingerprint density at radius 1 is 1.11 bits per heavy atom. The van der Waals surface area contributed by atoms with Crippen molar-refractivity contribution in [3.8, 4) is 6.07 Å². The Morgan fingerprint density at radius 3 is 2.50 bits per heavy atom. The third kappa shape index (κ3) is 2.44. The largest absolute Gasteiger partial charge is 0.397 e. The Balaban J connectivity index is 2.25. The Labute approximate surface area is 107 Å². The fraction of sp³-hybridized carbons (Fsp3) is 0.133. The molecule has 0 fully saturated rings. The van der Waals surface area contributed by atoms with E-state index in [1.54, 1.807) is 0 Å². The van der Waals surface area contributed by atoms with Crippen molar-refractivity contribution < 1.29 is 0 Å². The first-order chi connectivity index (χ1) is 8.72. The summed E-state index contributed by atoms with van der Waals surface area (Å²) in [7, 11) is 1.97. The number of nitrogens with zero attached hydrogens (tertiary/aromatic N) is 2. The highest BCUT2D eigenvalue weighted by atomic mass is 15.1. The normalized spacial score (nSPS) is 9.78. The molecule has 2 rings (SSSR count). The van der Waals surface area contributed by atoms with Gasteiger partial charge in [0.1, 0.15) is 0 Å². The van der Waals surface area contributed by atoms with E-state index in [1.807, 2.05) is 60.5 Å². The minimum atomic E-state index is 0.665. The van der Waals surface area contributed by atoms with Gasteiger partial charge in [-0.25, -0.2) is 0 Å². The lowest BCUT2D eigenvalue weighted by molar-refractivity contribution is 0.921. The summed E-state index contributed by atoms with van der Waals surface area (Å²) in [6.45, 7) is 0.665. The first-order valence-electron chi connectivity index (χ1n) is 5.76. The van der Waals surface area contributed by atoms with Crippen LogP contribution in [-0.2, 0) is 6.54 Å². The number of nitriles is 1. The molecule has 0 aliphatic rings. The molecule has 0 heterocycles. The van der Waals surface area contributed by atoms with Gasteiger partial charge in [0.15, 0.2) is 0 Å². The second-order valence-electron chi connectivity index (χ2n) is 4.18. The number of benzene rings is 2. The quantitative estimate of drug-likeness (QED) is 0.835. The molecule has 0 unspecified atom stereocenters. The maximum atomic E-state index is 9.06. The van der Waals surface area contributed by atoms with Crippen LogP contribution >= 0.6 is 0 Å². The van der Waals surface area contributed by atoms with Gasteiger partial charge in [0.2, 0.25) is 0 Å². The lowest BCUT2D eigenvalue weighted by atomic mass is 10.1. The molecule has 18 heavy (non-hydrogen) atoms. The standard InChI is InChI=1S/C15H15N3/c1-18(15-9-5-4-8-14(15)17)11-13-7-3-2-6-12(13)10-16/h2-9H,11,17H2,1H3. The second kappa shape index (κ2) is 5.24. The van der Waals surface area contributed by atoms with Crippen LogP contribution in [0, 0.1) is 11.3 Å². The van der Waals surface area contributed by atoms with E-state index in [2.05, 4.69) is 6.07 Å². The molecule has 0 aromatic heterocycles. The van der Waals surface area contributed by atoms with Crippen LogP contribution in [0.25, 0.3) is 0 Å². The van der Waals surface area contributed by atoms with Crippen LogP contribution in [0.4, 0.5) is 11.4 Å². The maximum absolute atomic E-state index is 9.06. The third-order valence-electron chi connectivity index (χ3n) is 2.89. The van der Waals surface area contributed by atoms with E-state index in [4.69, 9.17) is 11.0 Å². The topological polar surface area (TPSA) is 53.0 Å². The molecule has 0 saturated carbocycles. The van der Waals surface area contributed by atoms with Gasteiger partial charge in [-0.3, -0.25) is 0 Å². The van der Waals surface area contributed by atoms with E-state index in [9.17, 15) is 0 Å². The fourth-order valence-corrected chi connectivity index (χ4v) is 1.94. The number of hydrogen-bond acceptors (Lipinski definition) is 3.